The lowest BCUT2D eigenvalue weighted by atomic mass is 9.82. The van der Waals surface area contributed by atoms with Gasteiger partial charge in [0.05, 0.1) is 5.69 Å². The van der Waals surface area contributed by atoms with Crippen molar-refractivity contribution in [3.63, 3.8) is 0 Å². The van der Waals surface area contributed by atoms with Gasteiger partial charge in [-0.15, -0.1) is 0 Å². The molecule has 75 heavy (non-hydrogen) atoms. The van der Waals surface area contributed by atoms with Gasteiger partial charge in [0.2, 0.25) is 0 Å². The fourth-order valence-corrected chi connectivity index (χ4v) is 11.6. The standard InChI is InChI=1S/C71H56N4/c1-71(2)67-49-61(72(53-25-7-3-8-26-53)57-37-41-59(42-38-57)74(55-29-11-5-12-30-55)69-35-19-23-51-21-15-17-33-63(51)69)45-47-65(67)66-48-46-62(50-68(66)71)73(54-27-9-4-10-28-54)58-39-43-60(44-40-58)75(56-31-13-6-14-32-56)70-36-20-24-52-22-16-18-34-64(52)70/h3-21,23-50,52H,22H2,1-2H3. The van der Waals surface area contributed by atoms with Gasteiger partial charge in [-0.25, -0.2) is 0 Å². The van der Waals surface area contributed by atoms with Crippen molar-refractivity contribution in [2.24, 2.45) is 5.92 Å². The van der Waals surface area contributed by atoms with Gasteiger partial charge < -0.3 is 19.6 Å². The van der Waals surface area contributed by atoms with Gasteiger partial charge in [-0.1, -0.05) is 166 Å². The SMILES string of the molecule is CC1(C)c2cc(N(c3ccccc3)c3ccc(N(C4=CC=CC5CC=CC=C45)c4ccccc4)cc3)ccc2-c2ccc(N(c3ccccc3)c3ccc(N(c4ccccc4)c4cccc5ccccc45)cc3)cc21. The first-order valence-corrected chi connectivity index (χ1v) is 26.1. The van der Waals surface area contributed by atoms with E-state index in [-0.39, 0.29) is 5.41 Å². The van der Waals surface area contributed by atoms with Crippen LogP contribution in [-0.2, 0) is 5.41 Å². The molecule has 4 nitrogen and oxygen atoms in total. The van der Waals surface area contributed by atoms with E-state index < -0.39 is 0 Å². The summed E-state index contributed by atoms with van der Waals surface area (Å²) in [7, 11) is 0. The minimum Gasteiger partial charge on any atom is -0.310 e. The van der Waals surface area contributed by atoms with Crippen molar-refractivity contribution in [3.8, 4) is 11.1 Å². The lowest BCUT2D eigenvalue weighted by Gasteiger charge is -2.34. The highest BCUT2D eigenvalue weighted by molar-refractivity contribution is 5.99. The molecule has 0 heterocycles. The monoisotopic (exact) mass is 964 g/mol. The Morgan fingerprint density at radius 2 is 0.773 bits per heavy atom. The molecule has 0 aliphatic heterocycles. The number of nitrogens with zero attached hydrogens (tertiary/aromatic N) is 4. The number of fused-ring (bicyclic) bond motifs is 5. The predicted octanol–water partition coefficient (Wildman–Crippen LogP) is 19.6. The van der Waals surface area contributed by atoms with Crippen LogP contribution in [0.5, 0.6) is 0 Å². The second-order valence-corrected chi connectivity index (χ2v) is 20.1. The molecule has 0 radical (unpaired) electrons. The highest BCUT2D eigenvalue weighted by Crippen LogP contribution is 2.53. The minimum atomic E-state index is -0.289. The smallest absolute Gasteiger partial charge is 0.0540 e. The Bertz CT molecular complexity index is 3810. The molecular weight excluding hydrogens is 909 g/mol. The minimum absolute atomic E-state index is 0.289. The molecule has 10 aromatic rings. The molecule has 0 saturated carbocycles. The van der Waals surface area contributed by atoms with Gasteiger partial charge in [-0.05, 0) is 173 Å². The number of rotatable bonds is 12. The van der Waals surface area contributed by atoms with E-state index in [4.69, 9.17) is 0 Å². The molecule has 0 N–H and O–H groups in total. The first-order chi connectivity index (χ1) is 37.0. The van der Waals surface area contributed by atoms with Crippen molar-refractivity contribution in [2.45, 2.75) is 25.7 Å². The molecule has 0 saturated heterocycles. The number of allylic oxidation sites excluding steroid dienone is 7. The van der Waals surface area contributed by atoms with E-state index in [0.717, 1.165) is 69.0 Å². The molecule has 0 amide bonds. The Morgan fingerprint density at radius 1 is 0.360 bits per heavy atom. The second kappa shape index (κ2) is 19.2. The Hall–Kier alpha value is -9.38. The fourth-order valence-electron chi connectivity index (χ4n) is 11.6. The van der Waals surface area contributed by atoms with Gasteiger partial charge >= 0.3 is 0 Å². The zero-order chi connectivity index (χ0) is 50.3. The zero-order valence-electron chi connectivity index (χ0n) is 42.2. The van der Waals surface area contributed by atoms with Crippen LogP contribution in [0.25, 0.3) is 21.9 Å². The van der Waals surface area contributed by atoms with Gasteiger partial charge in [0.1, 0.15) is 0 Å². The van der Waals surface area contributed by atoms with Gasteiger partial charge in [0.15, 0.2) is 0 Å². The third-order valence-electron chi connectivity index (χ3n) is 15.3. The largest absolute Gasteiger partial charge is 0.310 e. The molecule has 360 valence electrons. The summed E-state index contributed by atoms with van der Waals surface area (Å²) in [6.45, 7) is 4.77. The molecule has 3 aliphatic carbocycles. The van der Waals surface area contributed by atoms with E-state index in [1.807, 2.05) is 0 Å². The molecular formula is C71H56N4. The van der Waals surface area contributed by atoms with Crippen molar-refractivity contribution in [2.75, 3.05) is 19.6 Å². The average molecular weight is 965 g/mol. The zero-order valence-corrected chi connectivity index (χ0v) is 42.2. The van der Waals surface area contributed by atoms with Crippen LogP contribution < -0.4 is 19.6 Å². The second-order valence-electron chi connectivity index (χ2n) is 20.1. The topological polar surface area (TPSA) is 13.0 Å². The number of hydrogen-bond acceptors (Lipinski definition) is 4. The number of para-hydroxylation sites is 4. The van der Waals surface area contributed by atoms with Crippen molar-refractivity contribution < 1.29 is 0 Å². The van der Waals surface area contributed by atoms with E-state index in [0.29, 0.717) is 5.92 Å². The van der Waals surface area contributed by atoms with Crippen LogP contribution in [-0.4, -0.2) is 0 Å². The number of anilines is 11. The maximum absolute atomic E-state index is 2.43. The van der Waals surface area contributed by atoms with Gasteiger partial charge in [0.25, 0.3) is 0 Å². The molecule has 4 heteroatoms. The molecule has 1 unspecified atom stereocenters. The first-order valence-electron chi connectivity index (χ1n) is 26.1. The lowest BCUT2D eigenvalue weighted by Crippen LogP contribution is -2.23. The molecule has 1 atom stereocenters. The van der Waals surface area contributed by atoms with Crippen LogP contribution in [0.4, 0.5) is 62.6 Å². The molecule has 0 aromatic heterocycles. The Balaban J connectivity index is 0.852. The Morgan fingerprint density at radius 3 is 1.31 bits per heavy atom. The van der Waals surface area contributed by atoms with Gasteiger partial charge in [-0.2, -0.15) is 0 Å². The summed E-state index contributed by atoms with van der Waals surface area (Å²) in [5.41, 5.74) is 19.7. The van der Waals surface area contributed by atoms with Crippen LogP contribution in [0.3, 0.4) is 0 Å². The van der Waals surface area contributed by atoms with Crippen LogP contribution in [0, 0.1) is 5.92 Å². The maximum Gasteiger partial charge on any atom is 0.0540 e. The molecule has 13 rings (SSSR count). The fraction of sp³-hybridized carbons (Fsp3) is 0.0704. The summed E-state index contributed by atoms with van der Waals surface area (Å²) >= 11 is 0. The quantitative estimate of drug-likeness (QED) is 0.121. The normalized spacial score (nSPS) is 14.8. The Labute approximate surface area is 441 Å². The first kappa shape index (κ1) is 45.5. The van der Waals surface area contributed by atoms with Crippen molar-refractivity contribution >= 4 is 73.3 Å². The summed E-state index contributed by atoms with van der Waals surface area (Å²) in [6, 6.07) is 90.4. The van der Waals surface area contributed by atoms with Gasteiger partial charge in [0, 0.05) is 79.3 Å². The lowest BCUT2D eigenvalue weighted by molar-refractivity contribution is 0.660. The highest BCUT2D eigenvalue weighted by Gasteiger charge is 2.37. The molecule has 0 spiro atoms. The molecule has 3 aliphatic rings. The summed E-state index contributed by atoms with van der Waals surface area (Å²) < 4.78 is 0. The molecule has 0 fully saturated rings. The molecule has 0 bridgehead atoms. The number of hydrogen-bond donors (Lipinski definition) is 0. The van der Waals surface area contributed by atoms with Crippen molar-refractivity contribution in [1.29, 1.82) is 0 Å². The van der Waals surface area contributed by atoms with Gasteiger partial charge in [-0.3, -0.25) is 0 Å². The third kappa shape index (κ3) is 8.31. The van der Waals surface area contributed by atoms with Crippen LogP contribution >= 0.6 is 0 Å². The van der Waals surface area contributed by atoms with E-state index in [9.17, 15) is 0 Å². The van der Waals surface area contributed by atoms with Crippen LogP contribution in [0.2, 0.25) is 0 Å². The van der Waals surface area contributed by atoms with Crippen molar-refractivity contribution in [1.82, 2.24) is 0 Å². The predicted molar refractivity (Wildman–Crippen MR) is 317 cm³/mol. The average Bonchev–Trinajstić information content (AvgIpc) is 3.77. The van der Waals surface area contributed by atoms with E-state index >= 15 is 0 Å². The van der Waals surface area contributed by atoms with Crippen LogP contribution in [0.15, 0.2) is 296 Å². The van der Waals surface area contributed by atoms with Crippen molar-refractivity contribution in [3.05, 3.63) is 308 Å². The number of benzene rings is 10. The van der Waals surface area contributed by atoms with E-state index in [2.05, 4.69) is 319 Å². The maximum atomic E-state index is 2.43. The highest BCUT2D eigenvalue weighted by atomic mass is 15.2. The summed E-state index contributed by atoms with van der Waals surface area (Å²) in [5, 5.41) is 2.42. The molecule has 10 aromatic carbocycles. The summed E-state index contributed by atoms with van der Waals surface area (Å²) in [4.78, 5) is 9.56. The Kier molecular flexibility index (Phi) is 11.7. The summed E-state index contributed by atoms with van der Waals surface area (Å²) in [5.74, 6) is 0.371. The van der Waals surface area contributed by atoms with E-state index in [1.165, 1.54) is 44.3 Å². The van der Waals surface area contributed by atoms with Crippen LogP contribution in [0.1, 0.15) is 31.4 Å². The van der Waals surface area contributed by atoms with E-state index in [1.54, 1.807) is 0 Å². The third-order valence-corrected chi connectivity index (χ3v) is 15.3. The summed E-state index contributed by atoms with van der Waals surface area (Å²) in [6.07, 6.45) is 14.6.